The summed E-state index contributed by atoms with van der Waals surface area (Å²) in [5.74, 6) is -5.76. The van der Waals surface area contributed by atoms with Gasteiger partial charge in [0.1, 0.15) is 19.3 Å². The van der Waals surface area contributed by atoms with E-state index in [4.69, 9.17) is 78.3 Å². The molecule has 13 aromatic rings. The lowest BCUT2D eigenvalue weighted by Crippen LogP contribution is -2.34. The summed E-state index contributed by atoms with van der Waals surface area (Å²) in [6, 6.07) is 5.96. The van der Waals surface area contributed by atoms with Gasteiger partial charge < -0.3 is 34.3 Å². The predicted molar refractivity (Wildman–Crippen MR) is 500 cm³/mol. The quantitative estimate of drug-likeness (QED) is 0.0106. The summed E-state index contributed by atoms with van der Waals surface area (Å²) in [5, 5.41) is 22.1. The standard InChI is InChI=1S/C39H56BrN5O4Si2.C29H30N6O2.C29H31N5O3/c1-8-49-35(46)24-29-14-16-31(17-15-29)37-36(40)39(44(27-47-20-22-50(2,3)4)28-48-21-23-51(5,6)7)45-38(43-37)33(26-42-45)32-18-19-34(41-25-32)30-12-10-9-11-13-30;1-3-37-25(36)15-19-9-11-21(12-10-19)27-26-18(2)33-34-29(26)35-28(32-27)23(17-31-35)22-13-14-24(30-16-22)20-7-5-4-6-8-20;1-3-37-25(36)15-19-9-11-21(12-10-19)27-26(18(2)35)28(30)34-29(33-27)23(17-32-34)22-13-14-24(31-16-22)20-7-5-4-6-8-20/h9-13,18-19,25-26,29,31H,8,14-17,20-24,27-28H2,1-7H3;4-8,13-14,16-17,19,21H,3,9-12,15H2,1-2H3,(H,33,34);4-8,13-14,16-17,19,21H,3,9-12,15,30H2,1-2H3/i9D,10D,11D,12D,13D,24D,29D;2*4D,5D,6D,7D,8D,15D,19D. The minimum atomic E-state index is -1.37. The van der Waals surface area contributed by atoms with Crippen molar-refractivity contribution in [2.75, 3.05) is 57.1 Å². The van der Waals surface area contributed by atoms with Gasteiger partial charge in [-0.1, -0.05) is 148 Å². The van der Waals surface area contributed by atoms with Crippen molar-refractivity contribution in [1.29, 1.82) is 0 Å². The van der Waals surface area contributed by atoms with E-state index >= 15 is 0 Å². The lowest BCUT2D eigenvalue weighted by atomic mass is 9.78. The molecule has 0 saturated heterocycles. The molecule has 654 valence electrons. The van der Waals surface area contributed by atoms with Crippen LogP contribution in [0.25, 0.3) is 95.1 Å². The van der Waals surface area contributed by atoms with E-state index in [2.05, 4.69) is 90.6 Å². The van der Waals surface area contributed by atoms with E-state index in [-0.39, 0.29) is 151 Å². The van der Waals surface area contributed by atoms with Crippen molar-refractivity contribution >= 4 is 95.4 Å². The van der Waals surface area contributed by atoms with E-state index in [0.29, 0.717) is 149 Å². The Labute approximate surface area is 771 Å². The number of ketones is 1. The highest BCUT2D eigenvalue weighted by Crippen LogP contribution is 2.46. The van der Waals surface area contributed by atoms with Crippen molar-refractivity contribution in [3.63, 3.8) is 0 Å². The number of carbonyl (C=O) groups excluding carboxylic acids is 4. The normalized spacial score (nSPS) is 22.2. The molecule has 0 spiro atoms. The molecule has 10 aromatic heterocycles. The number of pyridine rings is 3. The number of nitrogens with one attached hydrogen (secondary N) is 1. The second-order valence-corrected chi connectivity index (χ2v) is 45.4. The van der Waals surface area contributed by atoms with Gasteiger partial charge in [0.05, 0.1) is 109 Å². The average molecular weight is 1810 g/mol. The van der Waals surface area contributed by atoms with Gasteiger partial charge in [0.15, 0.2) is 34.2 Å². The number of fused-ring (bicyclic) bond motifs is 5. The number of H-pyrrole nitrogens is 1. The Hall–Kier alpha value is -11.0. The average Bonchev–Trinajstić information content (AvgIpc) is 1.58. The van der Waals surface area contributed by atoms with E-state index in [0.717, 1.165) is 34.6 Å². The molecule has 28 heteroatoms. The first-order chi connectivity index (χ1) is 68.9. The SMILES string of the molecule is [2H]c1c([2H])c([2H])c(-c2ccc(-c3cnn4c(N(COCC[Si](C)(C)C)COCC[Si](C)(C)C)c(Br)c(C5CCC([2H])(C([2H])C(=O)OCC)CC5)nc34)cn2)c([2H])c1[2H].[2H]c1c([2H])c([2H])c(-c2ccc(-c3cnn4c(N)c(C(C)=O)c(C5CCC([2H])(C([2H])C(=O)OCC)CC5)nc34)cn2)c([2H])c1[2H].[2H]c1c([2H])c([2H])c(-c2ccc(-c3cnn4c3nc(C3CCC([2H])(C([2H])C(=O)OCC)CC3)c3c(C)[nH]nc34)cn2)c([2H])c1[2H]. The van der Waals surface area contributed by atoms with Crippen molar-refractivity contribution in [3.8, 4) is 67.2 Å². The molecular formula is C97H117BrN16O9Si2. The number of aromatic amines is 1. The van der Waals surface area contributed by atoms with Crippen molar-refractivity contribution in [3.05, 3.63) is 197 Å². The second kappa shape index (κ2) is 41.4. The third-order valence-corrected chi connectivity index (χ3v) is 26.3. The smallest absolute Gasteiger partial charge is 0.306 e. The number of nitrogens with zero attached hydrogens (tertiary/aromatic N) is 14. The fourth-order valence-electron chi connectivity index (χ4n) is 15.5. The Balaban J connectivity index is 0.000000175. The number of Topliss-reactive ketones (excluding diaryl/α,β-unsaturated/α-hetero) is 1. The van der Waals surface area contributed by atoms with Gasteiger partial charge in [-0.3, -0.25) is 39.2 Å². The van der Waals surface area contributed by atoms with Crippen LogP contribution in [0.5, 0.6) is 0 Å². The molecule has 125 heavy (non-hydrogen) atoms. The number of anilines is 2. The van der Waals surface area contributed by atoms with Crippen LogP contribution < -0.4 is 10.6 Å². The molecule has 3 aliphatic rings. The van der Waals surface area contributed by atoms with Gasteiger partial charge in [-0.25, -0.2) is 15.0 Å². The first-order valence-corrected chi connectivity index (χ1v) is 50.4. The van der Waals surface area contributed by atoms with Crippen LogP contribution in [0, 0.1) is 24.6 Å². The highest BCUT2D eigenvalue weighted by Gasteiger charge is 2.35. The molecule has 3 N–H and O–H groups in total. The molecule has 0 amide bonds. The molecule has 3 unspecified atom stereocenters. The first-order valence-electron chi connectivity index (χ1n) is 52.9. The molecule has 3 atom stereocenters. The lowest BCUT2D eigenvalue weighted by Gasteiger charge is -2.31. The molecule has 0 bridgehead atoms. The maximum atomic E-state index is 12.8. The first kappa shape index (κ1) is 66.4. The number of ether oxygens (including phenoxy) is 5. The number of hydrogen-bond donors (Lipinski definition) is 2. The minimum Gasteiger partial charge on any atom is -0.466 e. The molecule has 3 saturated carbocycles. The monoisotopic (exact) mass is 1810 g/mol. The number of aromatic nitrogens is 14. The van der Waals surface area contributed by atoms with E-state index in [9.17, 15) is 19.2 Å². The number of halogens is 1. The Kier molecular flexibility index (Phi) is 22.0. The fourth-order valence-corrected chi connectivity index (χ4v) is 17.9. The molecule has 25 nitrogen and oxygen atoms in total. The summed E-state index contributed by atoms with van der Waals surface area (Å²) in [6.45, 7) is 24.3. The van der Waals surface area contributed by atoms with E-state index in [1.807, 2.05) is 11.8 Å². The topological polar surface area (TPSA) is 302 Å². The molecule has 16 rings (SSSR count). The zero-order chi connectivity index (χ0) is 106. The largest absolute Gasteiger partial charge is 0.466 e. The third-order valence-electron chi connectivity index (χ3n) is 22.2. The summed E-state index contributed by atoms with van der Waals surface area (Å²) in [7, 11) is -2.74. The van der Waals surface area contributed by atoms with E-state index in [1.54, 1.807) is 91.0 Å². The molecule has 10 heterocycles. The van der Waals surface area contributed by atoms with Crippen LogP contribution >= 0.6 is 15.9 Å². The van der Waals surface area contributed by atoms with Crippen LogP contribution in [-0.2, 0) is 38.1 Å². The van der Waals surface area contributed by atoms with Gasteiger partial charge in [0, 0.05) is 149 Å². The molecule has 3 aliphatic carbocycles. The zero-order valence-corrected chi connectivity index (χ0v) is 75.7. The van der Waals surface area contributed by atoms with Gasteiger partial charge in [-0.2, -0.15) is 33.9 Å². The Morgan fingerprint density at radius 1 is 0.496 bits per heavy atom. The maximum absolute atomic E-state index is 12.8. The van der Waals surface area contributed by atoms with Crippen molar-refractivity contribution in [1.82, 2.24) is 68.9 Å². The number of benzene rings is 3. The summed E-state index contributed by atoms with van der Waals surface area (Å²) >= 11 is 3.94. The van der Waals surface area contributed by atoms with Crippen LogP contribution in [0.2, 0.25) is 51.4 Å². The Bertz CT molecular complexity index is 7010. The van der Waals surface area contributed by atoms with Gasteiger partial charge in [0.2, 0.25) is 0 Å². The number of aryl methyl sites for hydroxylation is 1. The maximum Gasteiger partial charge on any atom is 0.306 e. The number of nitrogens with two attached hydrogens (primary N) is 1. The van der Waals surface area contributed by atoms with Crippen LogP contribution in [0.1, 0.15) is 204 Å². The number of esters is 3. The molecule has 0 radical (unpaired) electrons. The Morgan fingerprint density at radius 2 is 0.856 bits per heavy atom. The third kappa shape index (κ3) is 22.3. The van der Waals surface area contributed by atoms with Crippen LogP contribution in [0.4, 0.5) is 11.6 Å². The van der Waals surface area contributed by atoms with Crippen molar-refractivity contribution < 1.29 is 71.6 Å². The predicted octanol–water partition coefficient (Wildman–Crippen LogP) is 21.2. The highest BCUT2D eigenvalue weighted by atomic mass is 79.9. The lowest BCUT2D eigenvalue weighted by molar-refractivity contribution is -0.145. The summed E-state index contributed by atoms with van der Waals surface area (Å²) in [6.07, 6.45) is 10.5. The van der Waals surface area contributed by atoms with Gasteiger partial charge in [-0.05, 0) is 176 Å². The number of rotatable bonds is 30. The van der Waals surface area contributed by atoms with Crippen molar-refractivity contribution in [2.45, 2.75) is 200 Å². The minimum absolute atomic E-state index is 0.0150. The molecular weight excluding hydrogens is 1670 g/mol. The summed E-state index contributed by atoms with van der Waals surface area (Å²) < 4.78 is 207. The molecule has 3 aromatic carbocycles. The molecule has 0 aliphatic heterocycles. The van der Waals surface area contributed by atoms with Gasteiger partial charge >= 0.3 is 17.9 Å². The second-order valence-electron chi connectivity index (χ2n) is 33.4. The van der Waals surface area contributed by atoms with Gasteiger partial charge in [-0.15, -0.1) is 0 Å². The van der Waals surface area contributed by atoms with Crippen LogP contribution in [0.15, 0.2) is 169 Å². The van der Waals surface area contributed by atoms with Crippen LogP contribution in [0.3, 0.4) is 0 Å². The fraction of sp³-hybridized carbons (Fsp3) is 0.423. The van der Waals surface area contributed by atoms with E-state index < -0.39 is 125 Å². The summed E-state index contributed by atoms with van der Waals surface area (Å²) in [5.41, 5.74) is 16.1. The molecule has 3 fully saturated rings. The van der Waals surface area contributed by atoms with E-state index in [1.165, 1.54) is 23.8 Å². The Morgan fingerprint density at radius 3 is 1.24 bits per heavy atom. The number of hydrogen-bond acceptors (Lipinski definition) is 21. The van der Waals surface area contributed by atoms with Gasteiger partial charge in [0.25, 0.3) is 0 Å². The van der Waals surface area contributed by atoms with Crippen LogP contribution in [-0.4, -0.2) is 155 Å². The van der Waals surface area contributed by atoms with Crippen molar-refractivity contribution in [2.24, 2.45) is 17.7 Å². The highest BCUT2D eigenvalue weighted by molar-refractivity contribution is 9.10. The summed E-state index contributed by atoms with van der Waals surface area (Å²) in [4.78, 5) is 80.3. The number of nitrogen functional groups attached to an aromatic ring is 1. The zero-order valence-electron chi connectivity index (χ0n) is 93.1. The number of carbonyl (C=O) groups is 4.